The number of fused-ring (bicyclic) bond motifs is 18. The predicted octanol–water partition coefficient (Wildman–Crippen LogP) is 25.0. The molecule has 18 aromatic rings. The number of aromatic nitrogens is 11. The summed E-state index contributed by atoms with van der Waals surface area (Å²) in [6.07, 6.45) is 0. The molecule has 13 heteroatoms. The summed E-state index contributed by atoms with van der Waals surface area (Å²) in [4.78, 5) is 1.39. The molecule has 0 radical (unpaired) electrons. The molecule has 0 amide bonds. The van der Waals surface area contributed by atoms with Crippen molar-refractivity contribution in [2.24, 2.45) is 70.5 Å². The fraction of sp³-hybridized carbons (Fsp3) is 0.372. The normalized spacial score (nSPS) is 12.7. The van der Waals surface area contributed by atoms with E-state index < -0.39 is 0 Å². The van der Waals surface area contributed by atoms with Crippen LogP contribution in [0.3, 0.4) is 0 Å². The van der Waals surface area contributed by atoms with Crippen LogP contribution in [-0.2, 0) is 103 Å². The van der Waals surface area contributed by atoms with Gasteiger partial charge in [-0.25, -0.2) is 0 Å². The van der Waals surface area contributed by atoms with Gasteiger partial charge in [0.25, 0.3) is 0 Å². The van der Waals surface area contributed by atoms with Gasteiger partial charge in [0.05, 0.1) is 54.4 Å². The largest absolute Gasteiger partial charge is 0.349 e. The van der Waals surface area contributed by atoms with Crippen LogP contribution >= 0.6 is 22.7 Å². The van der Waals surface area contributed by atoms with Gasteiger partial charge >= 0.3 is 0 Å². The highest BCUT2D eigenvalue weighted by Crippen LogP contribution is 2.44. The van der Waals surface area contributed by atoms with Crippen molar-refractivity contribution in [2.45, 2.75) is 164 Å². The van der Waals surface area contributed by atoms with E-state index in [-0.39, 0.29) is 32.5 Å². The average molecular weight is 1460 g/mol. The number of para-hydroxylation sites is 4. The molecule has 12 aromatic heterocycles. The van der Waals surface area contributed by atoms with E-state index in [1.807, 2.05) is 34.4 Å². The van der Waals surface area contributed by atoms with E-state index in [4.69, 9.17) is 5.10 Å². The van der Waals surface area contributed by atoms with Gasteiger partial charge in [-0.3, -0.25) is 4.68 Å². The number of thiophene rings is 2. The van der Waals surface area contributed by atoms with Crippen LogP contribution in [0.25, 0.3) is 128 Å². The highest BCUT2D eigenvalue weighted by molar-refractivity contribution is 7.26. The van der Waals surface area contributed by atoms with Crippen molar-refractivity contribution in [1.82, 2.24) is 50.9 Å². The molecule has 0 bridgehead atoms. The third-order valence-corrected chi connectivity index (χ3v) is 24.6. The van der Waals surface area contributed by atoms with E-state index in [9.17, 15) is 0 Å². The Kier molecular flexibility index (Phi) is 19.2. The molecule has 12 heterocycles. The van der Waals surface area contributed by atoms with Gasteiger partial charge in [0.15, 0.2) is 5.65 Å². The highest BCUT2D eigenvalue weighted by atomic mass is 32.1. The van der Waals surface area contributed by atoms with E-state index in [1.165, 1.54) is 162 Å². The molecule has 6 aromatic carbocycles. The Balaban J connectivity index is 0.000000113. The third-order valence-electron chi connectivity index (χ3n) is 22.2. The number of rotatable bonds is 0. The van der Waals surface area contributed by atoms with Crippen LogP contribution in [0, 0.1) is 6.92 Å². The van der Waals surface area contributed by atoms with Crippen LogP contribution in [-0.4, -0.2) is 50.9 Å². The molecule has 0 spiro atoms. The van der Waals surface area contributed by atoms with Crippen LogP contribution in [0.4, 0.5) is 0 Å². The van der Waals surface area contributed by atoms with Gasteiger partial charge in [-0.1, -0.05) is 234 Å². The molecule has 11 nitrogen and oxygen atoms in total. The molecule has 0 fully saturated rings. The van der Waals surface area contributed by atoms with Crippen molar-refractivity contribution in [3.8, 4) is 0 Å². The minimum absolute atomic E-state index is 0.0909. The van der Waals surface area contributed by atoms with E-state index in [0.717, 1.165) is 5.65 Å². The summed E-state index contributed by atoms with van der Waals surface area (Å²) in [7, 11) is 21.5. The van der Waals surface area contributed by atoms with Crippen molar-refractivity contribution in [3.63, 3.8) is 0 Å². The molecular formula is C94H115N11S2. The van der Waals surface area contributed by atoms with Crippen LogP contribution in [0.15, 0.2) is 170 Å². The number of nitrogens with zero attached hydrogens (tertiary/aromatic N) is 11. The van der Waals surface area contributed by atoms with Crippen molar-refractivity contribution >= 4 is 151 Å². The Morgan fingerprint density at radius 2 is 0.682 bits per heavy atom. The Hall–Kier alpha value is -9.43. The van der Waals surface area contributed by atoms with Gasteiger partial charge in [-0.15, -0.1) is 22.7 Å². The summed E-state index contributed by atoms with van der Waals surface area (Å²) in [5, 5.41) is 18.3. The average Bonchev–Trinajstić information content (AvgIpc) is 1.59. The molecular weight excluding hydrogens is 1350 g/mol. The van der Waals surface area contributed by atoms with E-state index in [2.05, 4.69) is 406 Å². The molecule has 0 aliphatic rings. The van der Waals surface area contributed by atoms with Crippen molar-refractivity contribution < 1.29 is 0 Å². The first-order valence-electron chi connectivity index (χ1n) is 38.0. The highest BCUT2D eigenvalue weighted by Gasteiger charge is 2.30. The molecule has 0 atom stereocenters. The summed E-state index contributed by atoms with van der Waals surface area (Å²) >= 11 is 3.78. The monoisotopic (exact) mass is 1460 g/mol. The topological polar surface area (TPSA) is 62.2 Å². The number of benzene rings is 6. The molecule has 0 aliphatic carbocycles. The molecule has 0 unspecified atom stereocenters. The second-order valence-electron chi connectivity index (χ2n) is 36.1. The lowest BCUT2D eigenvalue weighted by molar-refractivity contribution is 0.528. The second-order valence-corrected chi connectivity index (χ2v) is 38.3. The lowest BCUT2D eigenvalue weighted by atomic mass is 9.89. The lowest BCUT2D eigenvalue weighted by Crippen LogP contribution is -2.16. The Morgan fingerprint density at radius 1 is 0.271 bits per heavy atom. The van der Waals surface area contributed by atoms with Crippen molar-refractivity contribution in [3.05, 3.63) is 210 Å². The summed E-state index contributed by atoms with van der Waals surface area (Å²) in [5.74, 6) is 0. The third kappa shape index (κ3) is 13.1. The fourth-order valence-corrected chi connectivity index (χ4v) is 19.8. The Labute approximate surface area is 641 Å². The first kappa shape index (κ1) is 75.8. The zero-order chi connectivity index (χ0) is 77.6. The number of aryl methyl sites for hydroxylation is 10. The Morgan fingerprint density at radius 3 is 1.22 bits per heavy atom. The second kappa shape index (κ2) is 27.1. The van der Waals surface area contributed by atoms with Crippen LogP contribution in [0.5, 0.6) is 0 Å². The van der Waals surface area contributed by atoms with Gasteiger partial charge in [-0.05, 0) is 67.6 Å². The molecule has 558 valence electrons. The quantitative estimate of drug-likeness (QED) is 0.149. The number of hydrogen-bond donors (Lipinski definition) is 0. The lowest BCUT2D eigenvalue weighted by Gasteiger charge is -2.21. The Bertz CT molecular complexity index is 6350. The summed E-state index contributed by atoms with van der Waals surface area (Å²) < 4.78 is 27.0. The number of hydrogen-bond acceptors (Lipinski definition) is 3. The minimum atomic E-state index is 0.0909. The van der Waals surface area contributed by atoms with Gasteiger partial charge in [0.2, 0.25) is 0 Å². The maximum absolute atomic E-state index is 4.70. The van der Waals surface area contributed by atoms with Crippen molar-refractivity contribution in [2.75, 3.05) is 0 Å². The van der Waals surface area contributed by atoms with Gasteiger partial charge < -0.3 is 41.1 Å². The molecule has 0 N–H and O–H groups in total. The molecule has 0 aliphatic heterocycles. The summed E-state index contributed by atoms with van der Waals surface area (Å²) in [5.41, 5.74) is 23.6. The zero-order valence-electron chi connectivity index (χ0n) is 69.4. The molecule has 0 saturated carbocycles. The van der Waals surface area contributed by atoms with Gasteiger partial charge in [0, 0.05) is 201 Å². The van der Waals surface area contributed by atoms with Gasteiger partial charge in [0.1, 0.15) is 10.5 Å². The first-order valence-corrected chi connectivity index (χ1v) is 39.6. The van der Waals surface area contributed by atoms with Crippen LogP contribution in [0.1, 0.15) is 164 Å². The maximum atomic E-state index is 4.70. The molecule has 18 rings (SSSR count). The first-order chi connectivity index (χ1) is 50.0. The summed E-state index contributed by atoms with van der Waals surface area (Å²) in [6.45, 7) is 43.1. The fourth-order valence-electron chi connectivity index (χ4n) is 17.4. The van der Waals surface area contributed by atoms with Gasteiger partial charge in [-0.2, -0.15) is 5.10 Å². The minimum Gasteiger partial charge on any atom is -0.349 e. The SMILES string of the molecule is Cc1c2c(c(C(C)(C)C)n1C)c1ccccc1n2C.Cn1c(C(C)(C)C)cc2c1c1ccccc1n2C.Cn1c(C(C)(C)C)cc2c3ccccc3n(C)c21.Cn1c(C(C)(C)C)cc2c3ccccc3sc21.Cn1c(C(C)(C)C)cc2sc3ccccc3c21.Cn1nc2c(c1C(C)(C)C)c1ccccc1n2C. The molecule has 0 saturated heterocycles. The molecule has 107 heavy (non-hydrogen) atoms. The maximum Gasteiger partial charge on any atom is 0.163 e. The predicted molar refractivity (Wildman–Crippen MR) is 469 cm³/mol. The summed E-state index contributed by atoms with van der Waals surface area (Å²) in [6, 6.07) is 61.2. The van der Waals surface area contributed by atoms with Crippen molar-refractivity contribution in [1.29, 1.82) is 0 Å². The standard InChI is InChI=1S/C17H22N2.2C16H20N2.C15H19N3.2C15H17NS/c1-11-15-14(16(18(11)5)17(2,3)4)12-9-7-8-10-13(12)19(15)6;1-16(2,3)14-10-12-11-8-6-7-9-13(11)17(4)15(12)18(14)5;1-16(2,3)14-10-13-15(18(14)5)11-8-6-7-9-12(11)17(13)4;1-15(2,3)13-12-10-8-6-7-9-11(10)17(4)14(12)16-18(13)5;1-15(2,3)13-9-11-10-7-5-6-8-12(10)17-14(11)16(13)4;1-15(2,3)13-9-12-14(16(13)4)10-7-5-6-8-11(10)17-12/h7-10H,1-6H3;2*6-10H,1-5H3;6-9H,1-5H3;2*5-9H,1-4H3. The van der Waals surface area contributed by atoms with Crippen LogP contribution < -0.4 is 0 Å². The smallest absolute Gasteiger partial charge is 0.163 e. The zero-order valence-corrected chi connectivity index (χ0v) is 71.0. The van der Waals surface area contributed by atoms with Crippen LogP contribution in [0.2, 0.25) is 0 Å². The van der Waals surface area contributed by atoms with E-state index in [1.54, 1.807) is 0 Å². The van der Waals surface area contributed by atoms with E-state index in [0.29, 0.717) is 0 Å². The van der Waals surface area contributed by atoms with E-state index >= 15 is 0 Å².